The number of aromatic nitrogens is 2. The molecule has 0 bridgehead atoms. The summed E-state index contributed by atoms with van der Waals surface area (Å²) in [4.78, 5) is 4.42. The number of rotatable bonds is 5. The molecule has 0 aliphatic rings. The highest BCUT2D eigenvalue weighted by Crippen LogP contribution is 2.16. The van der Waals surface area contributed by atoms with Gasteiger partial charge in [0, 0.05) is 19.4 Å². The van der Waals surface area contributed by atoms with Crippen LogP contribution in [0.1, 0.15) is 29.9 Å². The molecule has 18 heavy (non-hydrogen) atoms. The van der Waals surface area contributed by atoms with Gasteiger partial charge in [-0.2, -0.15) is 0 Å². The Bertz CT molecular complexity index is 485. The molecule has 0 saturated heterocycles. The quantitative estimate of drug-likeness (QED) is 0.874. The van der Waals surface area contributed by atoms with E-state index in [1.54, 1.807) is 0 Å². The first kappa shape index (κ1) is 12.8. The standard InChI is InChI=1S/C15H21N3/c1-4-12-5-7-13(8-6-12)11-14(16-2)15-17-9-10-18(15)3/h5-10,14,16H,4,11H2,1-3H3. The fraction of sp³-hybridized carbons (Fsp3) is 0.400. The van der Waals surface area contributed by atoms with Crippen LogP contribution in [0.4, 0.5) is 0 Å². The van der Waals surface area contributed by atoms with Crippen LogP contribution in [0.3, 0.4) is 0 Å². The van der Waals surface area contributed by atoms with Crippen molar-refractivity contribution in [1.82, 2.24) is 14.9 Å². The second kappa shape index (κ2) is 5.83. The third kappa shape index (κ3) is 2.79. The van der Waals surface area contributed by atoms with Gasteiger partial charge in [-0.3, -0.25) is 0 Å². The van der Waals surface area contributed by atoms with Crippen LogP contribution >= 0.6 is 0 Å². The lowest BCUT2D eigenvalue weighted by Gasteiger charge is -2.16. The molecule has 3 heteroatoms. The second-order valence-electron chi connectivity index (χ2n) is 4.61. The van der Waals surface area contributed by atoms with E-state index >= 15 is 0 Å². The van der Waals surface area contributed by atoms with Crippen molar-refractivity contribution in [3.8, 4) is 0 Å². The van der Waals surface area contributed by atoms with Crippen LogP contribution in [0, 0.1) is 0 Å². The lowest BCUT2D eigenvalue weighted by molar-refractivity contribution is 0.538. The molecule has 2 aromatic rings. The largest absolute Gasteiger partial charge is 0.337 e. The highest BCUT2D eigenvalue weighted by Gasteiger charge is 2.14. The van der Waals surface area contributed by atoms with Crippen molar-refractivity contribution < 1.29 is 0 Å². The molecule has 0 fully saturated rings. The average molecular weight is 243 g/mol. The Balaban J connectivity index is 2.13. The third-order valence-corrected chi connectivity index (χ3v) is 3.39. The summed E-state index contributed by atoms with van der Waals surface area (Å²) in [5.74, 6) is 1.08. The molecule has 1 atom stereocenters. The molecular formula is C15H21N3. The number of likely N-dealkylation sites (N-methyl/N-ethyl adjacent to an activating group) is 1. The summed E-state index contributed by atoms with van der Waals surface area (Å²) >= 11 is 0. The van der Waals surface area contributed by atoms with Gasteiger partial charge in [-0.25, -0.2) is 4.98 Å². The van der Waals surface area contributed by atoms with Crippen LogP contribution in [0.15, 0.2) is 36.7 Å². The lowest BCUT2D eigenvalue weighted by atomic mass is 10.0. The molecular weight excluding hydrogens is 222 g/mol. The van der Waals surface area contributed by atoms with Crippen molar-refractivity contribution in [2.75, 3.05) is 7.05 Å². The van der Waals surface area contributed by atoms with Crippen LogP contribution in [-0.2, 0) is 19.9 Å². The minimum atomic E-state index is 0.262. The molecule has 0 amide bonds. The van der Waals surface area contributed by atoms with Crippen LogP contribution in [-0.4, -0.2) is 16.6 Å². The molecule has 2 rings (SSSR count). The van der Waals surface area contributed by atoms with Crippen LogP contribution in [0.25, 0.3) is 0 Å². The summed E-state index contributed by atoms with van der Waals surface area (Å²) in [7, 11) is 4.02. The van der Waals surface area contributed by atoms with Gasteiger partial charge in [0.15, 0.2) is 0 Å². The molecule has 0 aliphatic carbocycles. The molecule has 0 saturated carbocycles. The Kier molecular flexibility index (Phi) is 4.15. The molecule has 1 heterocycles. The predicted octanol–water partition coefficient (Wildman–Crippen LogP) is 2.49. The third-order valence-electron chi connectivity index (χ3n) is 3.39. The monoisotopic (exact) mass is 243 g/mol. The summed E-state index contributed by atoms with van der Waals surface area (Å²) < 4.78 is 2.07. The van der Waals surface area contributed by atoms with Gasteiger partial charge in [0.1, 0.15) is 5.82 Å². The van der Waals surface area contributed by atoms with Gasteiger partial charge in [-0.1, -0.05) is 31.2 Å². The minimum Gasteiger partial charge on any atom is -0.337 e. The van der Waals surface area contributed by atoms with Gasteiger partial charge < -0.3 is 9.88 Å². The second-order valence-corrected chi connectivity index (χ2v) is 4.61. The highest BCUT2D eigenvalue weighted by molar-refractivity contribution is 5.24. The molecule has 1 aromatic heterocycles. The van der Waals surface area contributed by atoms with E-state index in [9.17, 15) is 0 Å². The Hall–Kier alpha value is -1.61. The first-order chi connectivity index (χ1) is 8.74. The van der Waals surface area contributed by atoms with Crippen molar-refractivity contribution in [1.29, 1.82) is 0 Å². The van der Waals surface area contributed by atoms with E-state index < -0.39 is 0 Å². The molecule has 1 aromatic carbocycles. The van der Waals surface area contributed by atoms with Crippen molar-refractivity contribution >= 4 is 0 Å². The van der Waals surface area contributed by atoms with E-state index in [1.807, 2.05) is 26.5 Å². The fourth-order valence-electron chi connectivity index (χ4n) is 2.18. The molecule has 96 valence electrons. The summed E-state index contributed by atoms with van der Waals surface area (Å²) in [6, 6.07) is 9.11. The molecule has 3 nitrogen and oxygen atoms in total. The van der Waals surface area contributed by atoms with E-state index in [4.69, 9.17) is 0 Å². The van der Waals surface area contributed by atoms with Gasteiger partial charge in [0.25, 0.3) is 0 Å². The maximum Gasteiger partial charge on any atom is 0.125 e. The van der Waals surface area contributed by atoms with Gasteiger partial charge in [0.05, 0.1) is 6.04 Å². The summed E-state index contributed by atoms with van der Waals surface area (Å²) in [5, 5.41) is 3.34. The number of hydrogen-bond acceptors (Lipinski definition) is 2. The lowest BCUT2D eigenvalue weighted by Crippen LogP contribution is -2.22. The summed E-state index contributed by atoms with van der Waals surface area (Å²) in [5.41, 5.74) is 2.73. The summed E-state index contributed by atoms with van der Waals surface area (Å²) in [6.45, 7) is 2.18. The molecule has 0 aliphatic heterocycles. The molecule has 0 radical (unpaired) electrons. The Morgan fingerprint density at radius 1 is 1.22 bits per heavy atom. The van der Waals surface area contributed by atoms with Crippen molar-refractivity contribution in [2.45, 2.75) is 25.8 Å². The van der Waals surface area contributed by atoms with Gasteiger partial charge in [-0.05, 0) is 31.0 Å². The minimum absolute atomic E-state index is 0.262. The number of aryl methyl sites for hydroxylation is 2. The van der Waals surface area contributed by atoms with Crippen molar-refractivity contribution in [3.05, 3.63) is 53.6 Å². The van der Waals surface area contributed by atoms with E-state index in [0.717, 1.165) is 18.7 Å². The SMILES string of the molecule is CCc1ccc(CC(NC)c2nccn2C)cc1. The maximum atomic E-state index is 4.42. The molecule has 1 N–H and O–H groups in total. The van der Waals surface area contributed by atoms with E-state index in [-0.39, 0.29) is 6.04 Å². The topological polar surface area (TPSA) is 29.9 Å². The van der Waals surface area contributed by atoms with Gasteiger partial charge >= 0.3 is 0 Å². The van der Waals surface area contributed by atoms with Crippen LogP contribution in [0.2, 0.25) is 0 Å². The Labute approximate surface area is 109 Å². The highest BCUT2D eigenvalue weighted by atomic mass is 15.1. The van der Waals surface area contributed by atoms with Crippen molar-refractivity contribution in [3.63, 3.8) is 0 Å². The van der Waals surface area contributed by atoms with Crippen molar-refractivity contribution in [2.24, 2.45) is 7.05 Å². The van der Waals surface area contributed by atoms with Crippen LogP contribution in [0.5, 0.6) is 0 Å². The number of imidazole rings is 1. The zero-order valence-corrected chi connectivity index (χ0v) is 11.4. The van der Waals surface area contributed by atoms with E-state index in [1.165, 1.54) is 11.1 Å². The zero-order valence-electron chi connectivity index (χ0n) is 11.4. The zero-order chi connectivity index (χ0) is 13.0. The van der Waals surface area contributed by atoms with Gasteiger partial charge in [0.2, 0.25) is 0 Å². The maximum absolute atomic E-state index is 4.42. The average Bonchev–Trinajstić information content (AvgIpc) is 2.83. The van der Waals surface area contributed by atoms with Crippen LogP contribution < -0.4 is 5.32 Å². The fourth-order valence-corrected chi connectivity index (χ4v) is 2.18. The van der Waals surface area contributed by atoms with E-state index in [2.05, 4.69) is 46.1 Å². The number of hydrogen-bond donors (Lipinski definition) is 1. The Morgan fingerprint density at radius 3 is 2.39 bits per heavy atom. The first-order valence-corrected chi connectivity index (χ1v) is 6.47. The normalized spacial score (nSPS) is 12.6. The smallest absolute Gasteiger partial charge is 0.125 e. The van der Waals surface area contributed by atoms with Gasteiger partial charge in [-0.15, -0.1) is 0 Å². The number of nitrogens with zero attached hydrogens (tertiary/aromatic N) is 2. The predicted molar refractivity (Wildman–Crippen MR) is 74.5 cm³/mol. The molecule has 1 unspecified atom stereocenters. The summed E-state index contributed by atoms with van der Waals surface area (Å²) in [6.07, 6.45) is 5.89. The Morgan fingerprint density at radius 2 is 1.89 bits per heavy atom. The number of nitrogens with one attached hydrogen (secondary N) is 1. The molecule has 0 spiro atoms. The first-order valence-electron chi connectivity index (χ1n) is 6.47. The number of benzene rings is 1. The van der Waals surface area contributed by atoms with E-state index in [0.29, 0.717) is 0 Å².